The molecule has 2 aliphatic carbocycles. The zero-order valence-corrected chi connectivity index (χ0v) is 10.3. The number of ketones is 1. The molecule has 16 heavy (non-hydrogen) atoms. The molecule has 0 aromatic carbocycles. The number of carbonyl (C=O) groups is 2. The summed E-state index contributed by atoms with van der Waals surface area (Å²) < 4.78 is 4.94. The van der Waals surface area contributed by atoms with Gasteiger partial charge in [0.25, 0.3) is 0 Å². The lowest BCUT2D eigenvalue weighted by molar-refractivity contribution is -0.172. The van der Waals surface area contributed by atoms with Gasteiger partial charge in [-0.2, -0.15) is 0 Å². The highest BCUT2D eigenvalue weighted by atomic mass is 16.5. The summed E-state index contributed by atoms with van der Waals surface area (Å²) in [6.45, 7) is 4.11. The number of esters is 1. The van der Waals surface area contributed by atoms with Crippen molar-refractivity contribution in [2.45, 2.75) is 46.0 Å². The molecular formula is C13H20O3. The van der Waals surface area contributed by atoms with E-state index in [0.717, 1.165) is 25.7 Å². The molecule has 0 bridgehead atoms. The van der Waals surface area contributed by atoms with Crippen molar-refractivity contribution in [2.75, 3.05) is 7.11 Å². The molecule has 0 unspecified atom stereocenters. The standard InChI is InChI=1S/C13H20O3/c1-9-5-4-7-12(2)8-6-10(14)13(9,12)11(15)16-3/h9H,4-8H2,1-3H3/t9-,12+,13-/m1/s1. The molecule has 0 spiro atoms. The maximum atomic E-state index is 12.2. The number of methoxy groups -OCH3 is 1. The fraction of sp³-hybridized carbons (Fsp3) is 0.846. The zero-order valence-electron chi connectivity index (χ0n) is 10.3. The van der Waals surface area contributed by atoms with Crippen LogP contribution < -0.4 is 0 Å². The molecule has 2 aliphatic rings. The van der Waals surface area contributed by atoms with Crippen molar-refractivity contribution in [1.29, 1.82) is 0 Å². The monoisotopic (exact) mass is 224 g/mol. The van der Waals surface area contributed by atoms with E-state index in [9.17, 15) is 9.59 Å². The third-order valence-corrected chi connectivity index (χ3v) is 4.91. The van der Waals surface area contributed by atoms with Crippen LogP contribution >= 0.6 is 0 Å². The Bertz CT molecular complexity index is 336. The van der Waals surface area contributed by atoms with Crippen LogP contribution in [0.15, 0.2) is 0 Å². The predicted molar refractivity (Wildman–Crippen MR) is 59.8 cm³/mol. The van der Waals surface area contributed by atoms with E-state index in [0.29, 0.717) is 6.42 Å². The van der Waals surface area contributed by atoms with E-state index < -0.39 is 5.41 Å². The van der Waals surface area contributed by atoms with E-state index in [4.69, 9.17) is 4.74 Å². The Morgan fingerprint density at radius 1 is 1.44 bits per heavy atom. The largest absolute Gasteiger partial charge is 0.468 e. The number of fused-ring (bicyclic) bond motifs is 1. The van der Waals surface area contributed by atoms with Crippen LogP contribution in [0.4, 0.5) is 0 Å². The molecule has 3 heteroatoms. The number of Topliss-reactive ketones (excluding diaryl/α,β-unsaturated/α-hetero) is 1. The van der Waals surface area contributed by atoms with Crippen molar-refractivity contribution in [3.63, 3.8) is 0 Å². The van der Waals surface area contributed by atoms with Gasteiger partial charge in [-0.1, -0.05) is 20.3 Å². The Hall–Kier alpha value is -0.860. The molecule has 2 fully saturated rings. The molecule has 0 aliphatic heterocycles. The molecule has 0 N–H and O–H groups in total. The van der Waals surface area contributed by atoms with Crippen LogP contribution in [0.25, 0.3) is 0 Å². The summed E-state index contributed by atoms with van der Waals surface area (Å²) in [5.41, 5.74) is -1.02. The molecule has 0 heterocycles. The zero-order chi connectivity index (χ0) is 12.0. The van der Waals surface area contributed by atoms with Gasteiger partial charge in [0.1, 0.15) is 5.41 Å². The van der Waals surface area contributed by atoms with Crippen molar-refractivity contribution in [2.24, 2.45) is 16.7 Å². The lowest BCUT2D eigenvalue weighted by Crippen LogP contribution is -2.54. The van der Waals surface area contributed by atoms with Crippen LogP contribution in [-0.2, 0) is 14.3 Å². The second-order valence-corrected chi connectivity index (χ2v) is 5.58. The maximum absolute atomic E-state index is 12.2. The van der Waals surface area contributed by atoms with E-state index in [1.165, 1.54) is 7.11 Å². The average molecular weight is 224 g/mol. The highest BCUT2D eigenvalue weighted by Crippen LogP contribution is 2.61. The second-order valence-electron chi connectivity index (χ2n) is 5.58. The molecule has 0 saturated heterocycles. The maximum Gasteiger partial charge on any atom is 0.320 e. The van der Waals surface area contributed by atoms with Crippen molar-refractivity contribution in [3.05, 3.63) is 0 Å². The van der Waals surface area contributed by atoms with Crippen LogP contribution in [-0.4, -0.2) is 18.9 Å². The molecule has 0 aromatic rings. The quantitative estimate of drug-likeness (QED) is 0.507. The van der Waals surface area contributed by atoms with Crippen LogP contribution in [0, 0.1) is 16.7 Å². The highest BCUT2D eigenvalue weighted by Gasteiger charge is 2.66. The average Bonchev–Trinajstić information content (AvgIpc) is 2.52. The molecule has 0 radical (unpaired) electrons. The first-order valence-corrected chi connectivity index (χ1v) is 6.11. The van der Waals surface area contributed by atoms with Crippen molar-refractivity contribution in [3.8, 4) is 0 Å². The van der Waals surface area contributed by atoms with Gasteiger partial charge in [0.05, 0.1) is 7.11 Å². The van der Waals surface area contributed by atoms with E-state index in [1.807, 2.05) is 6.92 Å². The van der Waals surface area contributed by atoms with Crippen molar-refractivity contribution in [1.82, 2.24) is 0 Å². The SMILES string of the molecule is COC(=O)[C@@]12C(=O)CC[C@]1(C)CCC[C@H]2C. The van der Waals surface area contributed by atoms with E-state index in [1.54, 1.807) is 0 Å². The van der Waals surface area contributed by atoms with Gasteiger partial charge in [-0.3, -0.25) is 9.59 Å². The smallest absolute Gasteiger partial charge is 0.320 e. The van der Waals surface area contributed by atoms with E-state index >= 15 is 0 Å². The Morgan fingerprint density at radius 3 is 2.75 bits per heavy atom. The molecule has 2 saturated carbocycles. The summed E-state index contributed by atoms with van der Waals surface area (Å²) in [6.07, 6.45) is 4.42. The van der Waals surface area contributed by atoms with Crippen molar-refractivity contribution >= 4 is 11.8 Å². The summed E-state index contributed by atoms with van der Waals surface area (Å²) in [5.74, 6) is -0.0764. The summed E-state index contributed by atoms with van der Waals surface area (Å²) in [5, 5.41) is 0. The Labute approximate surface area is 96.5 Å². The Kier molecular flexibility index (Phi) is 2.59. The first-order valence-electron chi connectivity index (χ1n) is 6.11. The van der Waals surface area contributed by atoms with Crippen LogP contribution in [0.2, 0.25) is 0 Å². The van der Waals surface area contributed by atoms with Crippen LogP contribution in [0.5, 0.6) is 0 Å². The summed E-state index contributed by atoms with van der Waals surface area (Å²) in [4.78, 5) is 24.4. The lowest BCUT2D eigenvalue weighted by Gasteiger charge is -2.47. The minimum Gasteiger partial charge on any atom is -0.468 e. The molecule has 0 aromatic heterocycles. The lowest BCUT2D eigenvalue weighted by atomic mass is 9.54. The third kappa shape index (κ3) is 1.14. The van der Waals surface area contributed by atoms with Gasteiger partial charge in [-0.25, -0.2) is 0 Å². The topological polar surface area (TPSA) is 43.4 Å². The molecule has 90 valence electrons. The first-order chi connectivity index (χ1) is 7.49. The third-order valence-electron chi connectivity index (χ3n) is 4.91. The van der Waals surface area contributed by atoms with Gasteiger partial charge >= 0.3 is 5.97 Å². The number of rotatable bonds is 1. The van der Waals surface area contributed by atoms with Gasteiger partial charge in [0.15, 0.2) is 5.78 Å². The number of ether oxygens (including phenoxy) is 1. The summed E-state index contributed by atoms with van der Waals surface area (Å²) in [6, 6.07) is 0. The fourth-order valence-corrected chi connectivity index (χ4v) is 4.05. The van der Waals surface area contributed by atoms with Gasteiger partial charge < -0.3 is 4.74 Å². The number of hydrogen-bond acceptors (Lipinski definition) is 3. The van der Waals surface area contributed by atoms with E-state index in [-0.39, 0.29) is 23.1 Å². The Morgan fingerprint density at radius 2 is 2.12 bits per heavy atom. The summed E-state index contributed by atoms with van der Waals surface area (Å²) in [7, 11) is 1.39. The molecule has 0 amide bonds. The predicted octanol–water partition coefficient (Wildman–Crippen LogP) is 2.33. The number of hydrogen-bond donors (Lipinski definition) is 0. The fourth-order valence-electron chi connectivity index (χ4n) is 4.05. The minimum absolute atomic E-state index is 0.106. The molecular weight excluding hydrogens is 204 g/mol. The van der Waals surface area contributed by atoms with Crippen LogP contribution in [0.3, 0.4) is 0 Å². The van der Waals surface area contributed by atoms with Gasteiger partial charge in [0.2, 0.25) is 0 Å². The molecule has 2 rings (SSSR count). The normalized spacial score (nSPS) is 42.9. The van der Waals surface area contributed by atoms with E-state index in [2.05, 4.69) is 6.92 Å². The highest BCUT2D eigenvalue weighted by molar-refractivity contribution is 6.06. The van der Waals surface area contributed by atoms with Crippen molar-refractivity contribution < 1.29 is 14.3 Å². The molecule has 3 atom stereocenters. The second kappa shape index (κ2) is 3.57. The van der Waals surface area contributed by atoms with Gasteiger partial charge in [-0.05, 0) is 30.6 Å². The minimum atomic E-state index is -0.847. The van der Waals surface area contributed by atoms with Gasteiger partial charge in [0, 0.05) is 6.42 Å². The number of carbonyl (C=O) groups excluding carboxylic acids is 2. The molecule has 3 nitrogen and oxygen atoms in total. The van der Waals surface area contributed by atoms with Gasteiger partial charge in [-0.15, -0.1) is 0 Å². The van der Waals surface area contributed by atoms with Crippen LogP contribution in [0.1, 0.15) is 46.0 Å². The Balaban J connectivity index is 2.53. The summed E-state index contributed by atoms with van der Waals surface area (Å²) >= 11 is 0. The first kappa shape index (κ1) is 11.6.